The molecule has 96 valence electrons. The van der Waals surface area contributed by atoms with E-state index >= 15 is 0 Å². The Kier molecular flexibility index (Phi) is 3.28. The van der Waals surface area contributed by atoms with E-state index in [-0.39, 0.29) is 0 Å². The van der Waals surface area contributed by atoms with Crippen molar-refractivity contribution in [2.45, 2.75) is 37.6 Å². The van der Waals surface area contributed by atoms with E-state index in [0.717, 1.165) is 44.6 Å². The highest BCUT2D eigenvalue weighted by atomic mass is 15.2. The van der Waals surface area contributed by atoms with Crippen molar-refractivity contribution in [3.63, 3.8) is 0 Å². The lowest BCUT2D eigenvalue weighted by Gasteiger charge is -2.31. The fraction of sp³-hybridized carbons (Fsp3) is 0.571. The van der Waals surface area contributed by atoms with Crippen LogP contribution in [-0.2, 0) is 0 Å². The van der Waals surface area contributed by atoms with Crippen LogP contribution in [0.3, 0.4) is 0 Å². The number of piperidine rings is 1. The van der Waals surface area contributed by atoms with Gasteiger partial charge >= 0.3 is 0 Å². The second kappa shape index (κ2) is 5.06. The molecule has 4 nitrogen and oxygen atoms in total. The maximum absolute atomic E-state index is 5.94. The van der Waals surface area contributed by atoms with E-state index in [9.17, 15) is 0 Å². The number of aromatic nitrogens is 2. The zero-order valence-corrected chi connectivity index (χ0v) is 10.6. The molecule has 18 heavy (non-hydrogen) atoms. The predicted octanol–water partition coefficient (Wildman–Crippen LogP) is 1.84. The first-order chi connectivity index (χ1) is 8.83. The molecule has 1 aliphatic carbocycles. The summed E-state index contributed by atoms with van der Waals surface area (Å²) in [6.45, 7) is 2.03. The summed E-state index contributed by atoms with van der Waals surface area (Å²) >= 11 is 0. The highest BCUT2D eigenvalue weighted by Gasteiger charge is 2.20. The molecule has 0 atom stereocenters. The monoisotopic (exact) mass is 244 g/mol. The minimum Gasteiger partial charge on any atom is -0.356 e. The summed E-state index contributed by atoms with van der Waals surface area (Å²) < 4.78 is 0. The predicted molar refractivity (Wildman–Crippen MR) is 72.6 cm³/mol. The van der Waals surface area contributed by atoms with Crippen LogP contribution in [0.25, 0.3) is 0 Å². The summed E-state index contributed by atoms with van der Waals surface area (Å²) in [5, 5.41) is 0. The molecule has 3 rings (SSSR count). The van der Waals surface area contributed by atoms with Gasteiger partial charge in [-0.05, 0) is 25.7 Å². The Morgan fingerprint density at radius 2 is 1.83 bits per heavy atom. The first-order valence-corrected chi connectivity index (χ1v) is 6.80. The zero-order valence-electron chi connectivity index (χ0n) is 10.6. The van der Waals surface area contributed by atoms with Crippen molar-refractivity contribution < 1.29 is 0 Å². The Balaban J connectivity index is 1.74. The summed E-state index contributed by atoms with van der Waals surface area (Å²) in [5.41, 5.74) is 7.12. The largest absolute Gasteiger partial charge is 0.356 e. The maximum atomic E-state index is 5.94. The van der Waals surface area contributed by atoms with Gasteiger partial charge in [0.05, 0.1) is 0 Å². The quantitative estimate of drug-likeness (QED) is 0.806. The zero-order chi connectivity index (χ0) is 12.4. The lowest BCUT2D eigenvalue weighted by atomic mass is 10.0. The summed E-state index contributed by atoms with van der Waals surface area (Å²) in [4.78, 5) is 11.2. The van der Waals surface area contributed by atoms with E-state index in [2.05, 4.69) is 33.1 Å². The van der Waals surface area contributed by atoms with Crippen LogP contribution in [0.5, 0.6) is 0 Å². The standard InChI is InChI=1S/C14H20N4/c15-12-5-7-18(8-6-12)14-9-13(16-10-17-14)11-3-1-2-4-11/h1-2,9-12H,3-8,15H2. The lowest BCUT2D eigenvalue weighted by Crippen LogP contribution is -2.40. The average Bonchev–Trinajstić information content (AvgIpc) is 2.94. The van der Waals surface area contributed by atoms with Gasteiger partial charge in [0.2, 0.25) is 0 Å². The van der Waals surface area contributed by atoms with Crippen LogP contribution >= 0.6 is 0 Å². The van der Waals surface area contributed by atoms with Crippen LogP contribution in [0.15, 0.2) is 24.5 Å². The van der Waals surface area contributed by atoms with Crippen LogP contribution < -0.4 is 10.6 Å². The van der Waals surface area contributed by atoms with Gasteiger partial charge < -0.3 is 10.6 Å². The summed E-state index contributed by atoms with van der Waals surface area (Å²) in [7, 11) is 0. The summed E-state index contributed by atoms with van der Waals surface area (Å²) in [6, 6.07) is 2.52. The molecule has 0 aromatic carbocycles. The number of nitrogens with zero attached hydrogens (tertiary/aromatic N) is 3. The Bertz CT molecular complexity index is 427. The molecule has 0 saturated carbocycles. The van der Waals surface area contributed by atoms with Crippen molar-refractivity contribution in [2.24, 2.45) is 5.73 Å². The van der Waals surface area contributed by atoms with Crippen LogP contribution in [0, 0.1) is 0 Å². The Morgan fingerprint density at radius 1 is 1.11 bits per heavy atom. The van der Waals surface area contributed by atoms with E-state index in [4.69, 9.17) is 5.73 Å². The van der Waals surface area contributed by atoms with Gasteiger partial charge in [-0.2, -0.15) is 0 Å². The minimum absolute atomic E-state index is 0.363. The molecule has 1 aliphatic heterocycles. The first-order valence-electron chi connectivity index (χ1n) is 6.80. The van der Waals surface area contributed by atoms with Crippen molar-refractivity contribution in [3.8, 4) is 0 Å². The van der Waals surface area contributed by atoms with Gasteiger partial charge in [-0.15, -0.1) is 0 Å². The van der Waals surface area contributed by atoms with Crippen molar-refractivity contribution in [2.75, 3.05) is 18.0 Å². The van der Waals surface area contributed by atoms with Gasteiger partial charge in [0.1, 0.15) is 12.1 Å². The molecule has 1 saturated heterocycles. The maximum Gasteiger partial charge on any atom is 0.132 e. The molecule has 0 unspecified atom stereocenters. The number of allylic oxidation sites excluding steroid dienone is 2. The van der Waals surface area contributed by atoms with E-state index in [1.54, 1.807) is 6.33 Å². The van der Waals surface area contributed by atoms with E-state index in [1.807, 2.05) is 0 Å². The third kappa shape index (κ3) is 2.38. The minimum atomic E-state index is 0.363. The van der Waals surface area contributed by atoms with Crippen LogP contribution in [-0.4, -0.2) is 29.1 Å². The van der Waals surface area contributed by atoms with Crippen LogP contribution in [0.2, 0.25) is 0 Å². The third-order valence-electron chi connectivity index (χ3n) is 3.96. The Hall–Kier alpha value is -1.42. The number of anilines is 1. The van der Waals surface area contributed by atoms with Gasteiger partial charge in [-0.1, -0.05) is 12.2 Å². The molecule has 0 amide bonds. The van der Waals surface area contributed by atoms with Crippen LogP contribution in [0.4, 0.5) is 5.82 Å². The third-order valence-corrected chi connectivity index (χ3v) is 3.96. The molecule has 2 heterocycles. The Morgan fingerprint density at radius 3 is 2.56 bits per heavy atom. The highest BCUT2D eigenvalue weighted by molar-refractivity contribution is 5.40. The van der Waals surface area contributed by atoms with Gasteiger partial charge in [-0.25, -0.2) is 9.97 Å². The highest BCUT2D eigenvalue weighted by Crippen LogP contribution is 2.29. The molecule has 1 aromatic heterocycles. The van der Waals surface area contributed by atoms with Crippen molar-refractivity contribution >= 4 is 5.82 Å². The number of hydrogen-bond acceptors (Lipinski definition) is 4. The second-order valence-corrected chi connectivity index (χ2v) is 5.27. The van der Waals surface area contributed by atoms with Gasteiger partial charge in [0.15, 0.2) is 0 Å². The fourth-order valence-corrected chi connectivity index (χ4v) is 2.74. The van der Waals surface area contributed by atoms with Crippen molar-refractivity contribution in [1.29, 1.82) is 0 Å². The molecule has 1 fully saturated rings. The van der Waals surface area contributed by atoms with Gasteiger partial charge in [0, 0.05) is 36.8 Å². The molecule has 2 N–H and O–H groups in total. The van der Waals surface area contributed by atoms with Gasteiger partial charge in [-0.3, -0.25) is 0 Å². The second-order valence-electron chi connectivity index (χ2n) is 5.27. The van der Waals surface area contributed by atoms with Crippen molar-refractivity contribution in [1.82, 2.24) is 9.97 Å². The number of nitrogens with two attached hydrogens (primary N) is 1. The molecule has 1 aromatic rings. The number of hydrogen-bond donors (Lipinski definition) is 1. The molecule has 0 radical (unpaired) electrons. The SMILES string of the molecule is NC1CCN(c2cc(C3CC=CC3)ncn2)CC1. The Labute approximate surface area is 108 Å². The molecule has 2 aliphatic rings. The summed E-state index contributed by atoms with van der Waals surface area (Å²) in [6.07, 6.45) is 10.5. The van der Waals surface area contributed by atoms with E-state index < -0.39 is 0 Å². The molecular weight excluding hydrogens is 224 g/mol. The molecule has 4 heteroatoms. The first kappa shape index (κ1) is 11.7. The molecular formula is C14H20N4. The number of rotatable bonds is 2. The molecule has 0 bridgehead atoms. The van der Waals surface area contributed by atoms with Gasteiger partial charge in [0.25, 0.3) is 0 Å². The topological polar surface area (TPSA) is 55.0 Å². The smallest absolute Gasteiger partial charge is 0.132 e. The van der Waals surface area contributed by atoms with E-state index in [0.29, 0.717) is 12.0 Å². The lowest BCUT2D eigenvalue weighted by molar-refractivity contribution is 0.498. The summed E-state index contributed by atoms with van der Waals surface area (Å²) in [5.74, 6) is 1.62. The molecule has 0 spiro atoms. The van der Waals surface area contributed by atoms with E-state index in [1.165, 1.54) is 5.69 Å². The average molecular weight is 244 g/mol. The van der Waals surface area contributed by atoms with Crippen LogP contribution in [0.1, 0.15) is 37.3 Å². The fourth-order valence-electron chi connectivity index (χ4n) is 2.74. The van der Waals surface area contributed by atoms with Crippen molar-refractivity contribution in [3.05, 3.63) is 30.2 Å². The normalized spacial score (nSPS) is 21.7.